The summed E-state index contributed by atoms with van der Waals surface area (Å²) < 4.78 is 32.6. The molecule has 2 nitrogen and oxygen atoms in total. The average Bonchev–Trinajstić information content (AvgIpc) is 2.57. The van der Waals surface area contributed by atoms with Gasteiger partial charge < -0.3 is 10.1 Å². The van der Waals surface area contributed by atoms with Gasteiger partial charge in [0.1, 0.15) is 17.4 Å². The van der Waals surface area contributed by atoms with Gasteiger partial charge in [0.05, 0.1) is 13.2 Å². The molecule has 22 heavy (non-hydrogen) atoms. The summed E-state index contributed by atoms with van der Waals surface area (Å²) in [6.45, 7) is 0.712. The third-order valence-electron chi connectivity index (χ3n) is 3.85. The molecule has 0 radical (unpaired) electrons. The van der Waals surface area contributed by atoms with Gasteiger partial charge in [-0.1, -0.05) is 18.2 Å². The maximum Gasteiger partial charge on any atom is 0.130 e. The van der Waals surface area contributed by atoms with Crippen LogP contribution in [0.25, 0.3) is 5.57 Å². The van der Waals surface area contributed by atoms with E-state index < -0.39 is 5.82 Å². The van der Waals surface area contributed by atoms with E-state index in [9.17, 15) is 8.78 Å². The lowest BCUT2D eigenvalue weighted by Gasteiger charge is -2.24. The van der Waals surface area contributed by atoms with Gasteiger partial charge in [0.15, 0.2) is 0 Å². The van der Waals surface area contributed by atoms with Crippen LogP contribution in [-0.4, -0.2) is 13.7 Å². The molecule has 1 atom stereocenters. The van der Waals surface area contributed by atoms with Gasteiger partial charge in [-0.15, -0.1) is 0 Å². The average molecular weight is 301 g/mol. The number of methoxy groups -OCH3 is 1. The van der Waals surface area contributed by atoms with Crippen LogP contribution in [0.2, 0.25) is 0 Å². The Bertz CT molecular complexity index is 712. The Kier molecular flexibility index (Phi) is 4.20. The lowest BCUT2D eigenvalue weighted by Crippen LogP contribution is -2.25. The largest absolute Gasteiger partial charge is 0.497 e. The highest BCUT2D eigenvalue weighted by Gasteiger charge is 2.18. The first-order valence-electron chi connectivity index (χ1n) is 7.21. The topological polar surface area (TPSA) is 21.3 Å². The molecule has 4 heteroatoms. The van der Waals surface area contributed by atoms with Crippen LogP contribution in [0.15, 0.2) is 48.5 Å². The summed E-state index contributed by atoms with van der Waals surface area (Å²) in [7, 11) is 1.62. The number of benzene rings is 2. The molecule has 2 aromatic carbocycles. The fourth-order valence-electron chi connectivity index (χ4n) is 2.72. The van der Waals surface area contributed by atoms with Crippen molar-refractivity contribution in [2.24, 2.45) is 0 Å². The molecule has 0 aromatic heterocycles. The first-order chi connectivity index (χ1) is 10.7. The van der Waals surface area contributed by atoms with Gasteiger partial charge >= 0.3 is 0 Å². The van der Waals surface area contributed by atoms with Crippen molar-refractivity contribution in [2.45, 2.75) is 12.5 Å². The van der Waals surface area contributed by atoms with Crippen LogP contribution in [0.3, 0.4) is 0 Å². The zero-order valence-electron chi connectivity index (χ0n) is 12.3. The van der Waals surface area contributed by atoms with Crippen molar-refractivity contribution in [3.05, 3.63) is 71.3 Å². The summed E-state index contributed by atoms with van der Waals surface area (Å²) in [5, 5.41) is 3.37. The molecule has 1 N–H and O–H groups in total. The second-order valence-corrected chi connectivity index (χ2v) is 5.27. The van der Waals surface area contributed by atoms with Crippen molar-refractivity contribution in [3.8, 4) is 5.75 Å². The van der Waals surface area contributed by atoms with Gasteiger partial charge in [-0.05, 0) is 47.9 Å². The van der Waals surface area contributed by atoms with E-state index in [1.54, 1.807) is 7.11 Å². The fourth-order valence-corrected chi connectivity index (χ4v) is 2.72. The summed E-state index contributed by atoms with van der Waals surface area (Å²) >= 11 is 0. The van der Waals surface area contributed by atoms with E-state index in [1.165, 1.54) is 12.1 Å². The molecule has 0 saturated heterocycles. The maximum absolute atomic E-state index is 14.0. The maximum atomic E-state index is 14.0. The van der Waals surface area contributed by atoms with Crippen molar-refractivity contribution >= 4 is 5.57 Å². The molecule has 1 heterocycles. The van der Waals surface area contributed by atoms with Crippen molar-refractivity contribution in [3.63, 3.8) is 0 Å². The Hall–Kier alpha value is -2.20. The number of rotatable bonds is 3. The Balaban J connectivity index is 1.96. The number of hydrogen-bond donors (Lipinski definition) is 1. The van der Waals surface area contributed by atoms with Crippen molar-refractivity contribution in [1.82, 2.24) is 5.32 Å². The van der Waals surface area contributed by atoms with Crippen LogP contribution in [0.1, 0.15) is 23.6 Å². The number of halogens is 2. The predicted molar refractivity (Wildman–Crippen MR) is 82.7 cm³/mol. The standard InChI is InChI=1S/C18H17F2NO/c1-22-15-4-2-3-13(9-15)18-10-12(7-8-21-18)16-11-14(19)5-6-17(16)20/h2-6,9-11,18,21H,7-8H2,1H3. The minimum absolute atomic E-state index is 0.0403. The molecule has 114 valence electrons. The second kappa shape index (κ2) is 6.28. The number of nitrogens with one attached hydrogen (secondary N) is 1. The first kappa shape index (κ1) is 14.7. The molecular formula is C18H17F2NO. The Morgan fingerprint density at radius 1 is 1.14 bits per heavy atom. The van der Waals surface area contributed by atoms with Crippen LogP contribution in [0.4, 0.5) is 8.78 Å². The van der Waals surface area contributed by atoms with E-state index >= 15 is 0 Å². The second-order valence-electron chi connectivity index (χ2n) is 5.27. The van der Waals surface area contributed by atoms with E-state index in [1.807, 2.05) is 30.3 Å². The molecule has 1 aliphatic rings. The summed E-state index contributed by atoms with van der Waals surface area (Å²) in [6, 6.07) is 11.3. The Morgan fingerprint density at radius 3 is 2.82 bits per heavy atom. The molecule has 0 aliphatic carbocycles. The third kappa shape index (κ3) is 3.02. The number of ether oxygens (including phenoxy) is 1. The van der Waals surface area contributed by atoms with Crippen molar-refractivity contribution in [2.75, 3.05) is 13.7 Å². The molecule has 1 aliphatic heterocycles. The lowest BCUT2D eigenvalue weighted by atomic mass is 9.93. The van der Waals surface area contributed by atoms with E-state index in [4.69, 9.17) is 4.74 Å². The zero-order valence-corrected chi connectivity index (χ0v) is 12.3. The van der Waals surface area contributed by atoms with E-state index in [0.29, 0.717) is 18.5 Å². The van der Waals surface area contributed by atoms with Crippen molar-refractivity contribution < 1.29 is 13.5 Å². The van der Waals surface area contributed by atoms with Crippen molar-refractivity contribution in [1.29, 1.82) is 0 Å². The Morgan fingerprint density at radius 2 is 2.00 bits per heavy atom. The van der Waals surface area contributed by atoms with Crippen LogP contribution >= 0.6 is 0 Å². The summed E-state index contributed by atoms with van der Waals surface area (Å²) in [6.07, 6.45) is 2.62. The van der Waals surface area contributed by atoms with Gasteiger partial charge in [0.2, 0.25) is 0 Å². The smallest absolute Gasteiger partial charge is 0.130 e. The van der Waals surface area contributed by atoms with Gasteiger partial charge in [0, 0.05) is 12.1 Å². The van der Waals surface area contributed by atoms with Crippen LogP contribution in [0, 0.1) is 11.6 Å². The monoisotopic (exact) mass is 301 g/mol. The molecular weight excluding hydrogens is 284 g/mol. The molecule has 1 unspecified atom stereocenters. The van der Waals surface area contributed by atoms with Gasteiger partial charge in [-0.2, -0.15) is 0 Å². The van der Waals surface area contributed by atoms with E-state index in [-0.39, 0.29) is 11.9 Å². The lowest BCUT2D eigenvalue weighted by molar-refractivity contribution is 0.413. The third-order valence-corrected chi connectivity index (χ3v) is 3.85. The fraction of sp³-hybridized carbons (Fsp3) is 0.222. The molecule has 0 saturated carbocycles. The minimum Gasteiger partial charge on any atom is -0.497 e. The molecule has 0 spiro atoms. The zero-order chi connectivity index (χ0) is 15.5. The molecule has 0 amide bonds. The quantitative estimate of drug-likeness (QED) is 0.922. The normalized spacial score (nSPS) is 18.0. The summed E-state index contributed by atoms with van der Waals surface area (Å²) in [5.41, 5.74) is 2.20. The highest BCUT2D eigenvalue weighted by molar-refractivity contribution is 5.68. The van der Waals surface area contributed by atoms with Gasteiger partial charge in [0.25, 0.3) is 0 Å². The van der Waals surface area contributed by atoms with Crippen LogP contribution in [-0.2, 0) is 0 Å². The summed E-state index contributed by atoms with van der Waals surface area (Å²) in [4.78, 5) is 0. The van der Waals surface area contributed by atoms with E-state index in [2.05, 4.69) is 5.32 Å². The summed E-state index contributed by atoms with van der Waals surface area (Å²) in [5.74, 6) is -0.0375. The molecule has 0 bridgehead atoms. The van der Waals surface area contributed by atoms with Gasteiger partial charge in [-0.25, -0.2) is 8.78 Å². The minimum atomic E-state index is -0.422. The SMILES string of the molecule is COc1cccc(C2C=C(c3cc(F)ccc3F)CCN2)c1. The molecule has 3 rings (SSSR count). The first-order valence-corrected chi connectivity index (χ1v) is 7.21. The van der Waals surface area contributed by atoms with Crippen LogP contribution < -0.4 is 10.1 Å². The predicted octanol–water partition coefficient (Wildman–Crippen LogP) is 4.09. The molecule has 0 fully saturated rings. The van der Waals surface area contributed by atoms with E-state index in [0.717, 1.165) is 23.0 Å². The highest BCUT2D eigenvalue weighted by atomic mass is 19.1. The Labute approximate surface area is 128 Å². The number of hydrogen-bond acceptors (Lipinski definition) is 2. The highest BCUT2D eigenvalue weighted by Crippen LogP contribution is 2.30. The van der Waals surface area contributed by atoms with Crippen LogP contribution in [0.5, 0.6) is 5.75 Å². The molecule has 2 aromatic rings. The van der Waals surface area contributed by atoms with Gasteiger partial charge in [-0.3, -0.25) is 0 Å².